The Morgan fingerprint density at radius 1 is 1.23 bits per heavy atom. The fourth-order valence-electron chi connectivity index (χ4n) is 5.91. The zero-order valence-corrected chi connectivity index (χ0v) is 13.9. The first kappa shape index (κ1) is 16.6. The molecule has 2 saturated carbocycles. The van der Waals surface area contributed by atoms with Gasteiger partial charge in [-0.3, -0.25) is 4.90 Å². The van der Waals surface area contributed by atoms with E-state index in [9.17, 15) is 13.2 Å². The van der Waals surface area contributed by atoms with Gasteiger partial charge in [0.05, 0.1) is 12.0 Å². The van der Waals surface area contributed by atoms with Crippen LogP contribution in [-0.4, -0.2) is 43.9 Å². The Bertz CT molecular complexity index is 423. The highest BCUT2D eigenvalue weighted by molar-refractivity contribution is 5.15. The number of rotatable bonds is 4. The predicted molar refractivity (Wildman–Crippen MR) is 79.6 cm³/mol. The van der Waals surface area contributed by atoms with Gasteiger partial charge in [0.25, 0.3) is 0 Å². The predicted octanol–water partition coefficient (Wildman–Crippen LogP) is 4.10. The number of alkyl halides is 3. The van der Waals surface area contributed by atoms with Crippen molar-refractivity contribution in [1.82, 2.24) is 4.90 Å². The number of hydrogen-bond donors (Lipinski definition) is 0. The molecule has 3 rings (SSSR count). The molecule has 0 N–H and O–H groups in total. The van der Waals surface area contributed by atoms with Crippen LogP contribution in [0.4, 0.5) is 13.2 Å². The number of nitrogens with zero attached hydrogens (tertiary/aromatic N) is 1. The number of fused-ring (bicyclic) bond motifs is 2. The highest BCUT2D eigenvalue weighted by Gasteiger charge is 2.74. The van der Waals surface area contributed by atoms with E-state index in [0.717, 1.165) is 32.2 Å². The molecule has 3 fully saturated rings. The van der Waals surface area contributed by atoms with Crippen LogP contribution in [0.25, 0.3) is 0 Å². The molecular formula is C17H28F3NO. The van der Waals surface area contributed by atoms with Gasteiger partial charge in [-0.2, -0.15) is 13.2 Å². The van der Waals surface area contributed by atoms with E-state index in [1.165, 1.54) is 0 Å². The fraction of sp³-hybridized carbons (Fsp3) is 1.00. The van der Waals surface area contributed by atoms with E-state index in [0.29, 0.717) is 25.6 Å². The normalized spacial score (nSPS) is 41.5. The smallest absolute Gasteiger partial charge is 0.383 e. The first-order valence-corrected chi connectivity index (χ1v) is 8.53. The van der Waals surface area contributed by atoms with Crippen LogP contribution >= 0.6 is 0 Å². The third-order valence-corrected chi connectivity index (χ3v) is 7.14. The molecule has 0 amide bonds. The van der Waals surface area contributed by atoms with Gasteiger partial charge in [0, 0.05) is 19.7 Å². The molecule has 1 heterocycles. The van der Waals surface area contributed by atoms with Gasteiger partial charge in [-0.05, 0) is 55.9 Å². The van der Waals surface area contributed by atoms with E-state index >= 15 is 0 Å². The van der Waals surface area contributed by atoms with Gasteiger partial charge in [0.1, 0.15) is 0 Å². The second-order valence-corrected chi connectivity index (χ2v) is 8.11. The Labute approximate surface area is 131 Å². The van der Waals surface area contributed by atoms with Gasteiger partial charge < -0.3 is 4.74 Å². The van der Waals surface area contributed by atoms with Crippen molar-refractivity contribution in [3.63, 3.8) is 0 Å². The molecule has 0 aromatic rings. The zero-order valence-electron chi connectivity index (χ0n) is 13.9. The molecule has 2 aliphatic carbocycles. The van der Waals surface area contributed by atoms with Crippen molar-refractivity contribution in [1.29, 1.82) is 0 Å². The first-order valence-electron chi connectivity index (χ1n) is 8.53. The summed E-state index contributed by atoms with van der Waals surface area (Å²) in [7, 11) is 1.67. The molecular weight excluding hydrogens is 291 g/mol. The maximum Gasteiger partial charge on any atom is 0.395 e. The minimum Gasteiger partial charge on any atom is -0.383 e. The van der Waals surface area contributed by atoms with Crippen molar-refractivity contribution >= 4 is 0 Å². The molecule has 2 nitrogen and oxygen atoms in total. The standard InChI is InChI=1S/C17H28F3NO/c1-15(2)12-6-7-16(15,17(18,19)20)13(9-12)10-21-8-4-5-14(21)11-22-3/h12-14H,4-11H2,1-3H3/t12?,13?,14-,16?/m0/s1. The summed E-state index contributed by atoms with van der Waals surface area (Å²) < 4.78 is 47.4. The maximum absolute atomic E-state index is 14.1. The molecule has 3 aliphatic rings. The van der Waals surface area contributed by atoms with Crippen molar-refractivity contribution in [2.24, 2.45) is 22.7 Å². The molecule has 2 bridgehead atoms. The summed E-state index contributed by atoms with van der Waals surface area (Å²) in [6, 6.07) is 0.303. The van der Waals surface area contributed by atoms with E-state index in [4.69, 9.17) is 4.74 Å². The van der Waals surface area contributed by atoms with Crippen molar-refractivity contribution in [2.75, 3.05) is 26.8 Å². The van der Waals surface area contributed by atoms with Gasteiger partial charge in [-0.15, -0.1) is 0 Å². The molecule has 128 valence electrons. The van der Waals surface area contributed by atoms with Gasteiger partial charge >= 0.3 is 6.18 Å². The van der Waals surface area contributed by atoms with Gasteiger partial charge in [-0.25, -0.2) is 0 Å². The van der Waals surface area contributed by atoms with Crippen LogP contribution < -0.4 is 0 Å². The van der Waals surface area contributed by atoms with E-state index in [1.807, 2.05) is 13.8 Å². The van der Waals surface area contributed by atoms with Crippen LogP contribution in [0.2, 0.25) is 0 Å². The lowest BCUT2D eigenvalue weighted by atomic mass is 9.64. The Balaban J connectivity index is 1.82. The lowest BCUT2D eigenvalue weighted by Crippen LogP contribution is -2.51. The highest BCUT2D eigenvalue weighted by atomic mass is 19.4. The number of likely N-dealkylation sites (tertiary alicyclic amines) is 1. The Morgan fingerprint density at radius 3 is 2.55 bits per heavy atom. The lowest BCUT2D eigenvalue weighted by molar-refractivity contribution is -0.264. The Morgan fingerprint density at radius 2 is 1.95 bits per heavy atom. The average molecular weight is 319 g/mol. The quantitative estimate of drug-likeness (QED) is 0.773. The summed E-state index contributed by atoms with van der Waals surface area (Å²) in [6.07, 6.45) is -0.170. The topological polar surface area (TPSA) is 12.5 Å². The Kier molecular flexibility index (Phi) is 4.04. The average Bonchev–Trinajstić information content (AvgIpc) is 3.01. The molecule has 1 saturated heterocycles. The summed E-state index contributed by atoms with van der Waals surface area (Å²) in [4.78, 5) is 2.26. The number of hydrogen-bond acceptors (Lipinski definition) is 2. The number of ether oxygens (including phenoxy) is 1. The minimum absolute atomic E-state index is 0.225. The van der Waals surface area contributed by atoms with Crippen LogP contribution in [0.1, 0.15) is 46.0 Å². The largest absolute Gasteiger partial charge is 0.395 e. The molecule has 1 aliphatic heterocycles. The third-order valence-electron chi connectivity index (χ3n) is 7.14. The Hall–Kier alpha value is -0.290. The van der Waals surface area contributed by atoms with Gasteiger partial charge in [-0.1, -0.05) is 13.8 Å². The van der Waals surface area contributed by atoms with Gasteiger partial charge in [0.2, 0.25) is 0 Å². The third kappa shape index (κ3) is 2.15. The fourth-order valence-corrected chi connectivity index (χ4v) is 5.91. The number of methoxy groups -OCH3 is 1. The molecule has 0 aromatic heterocycles. The first-order chi connectivity index (χ1) is 10.2. The van der Waals surface area contributed by atoms with Crippen LogP contribution in [0.3, 0.4) is 0 Å². The van der Waals surface area contributed by atoms with Crippen molar-refractivity contribution in [3.05, 3.63) is 0 Å². The summed E-state index contributed by atoms with van der Waals surface area (Å²) >= 11 is 0. The molecule has 22 heavy (non-hydrogen) atoms. The molecule has 0 aromatic carbocycles. The van der Waals surface area contributed by atoms with Crippen LogP contribution in [0.5, 0.6) is 0 Å². The molecule has 5 heteroatoms. The van der Waals surface area contributed by atoms with Crippen molar-refractivity contribution < 1.29 is 17.9 Å². The molecule has 0 spiro atoms. The van der Waals surface area contributed by atoms with Crippen LogP contribution in [0, 0.1) is 22.7 Å². The monoisotopic (exact) mass is 319 g/mol. The van der Waals surface area contributed by atoms with E-state index in [2.05, 4.69) is 4.90 Å². The van der Waals surface area contributed by atoms with Crippen molar-refractivity contribution in [2.45, 2.75) is 58.2 Å². The van der Waals surface area contributed by atoms with E-state index < -0.39 is 17.0 Å². The van der Waals surface area contributed by atoms with Crippen LogP contribution in [-0.2, 0) is 4.74 Å². The van der Waals surface area contributed by atoms with Crippen molar-refractivity contribution in [3.8, 4) is 0 Å². The summed E-state index contributed by atoms with van der Waals surface area (Å²) in [5, 5.41) is 0. The minimum atomic E-state index is -4.09. The summed E-state index contributed by atoms with van der Waals surface area (Å²) in [6.45, 7) is 5.86. The lowest BCUT2D eigenvalue weighted by Gasteiger charge is -2.45. The molecule has 3 unspecified atom stereocenters. The molecule has 4 atom stereocenters. The maximum atomic E-state index is 14.1. The molecule has 0 radical (unpaired) electrons. The van der Waals surface area contributed by atoms with Crippen LogP contribution in [0.15, 0.2) is 0 Å². The van der Waals surface area contributed by atoms with E-state index in [-0.39, 0.29) is 11.8 Å². The zero-order chi connectivity index (χ0) is 16.2. The second-order valence-electron chi connectivity index (χ2n) is 8.11. The SMILES string of the molecule is COC[C@@H]1CCCN1CC1CC2CCC1(C(F)(F)F)C2(C)C. The highest BCUT2D eigenvalue weighted by Crippen LogP contribution is 2.73. The number of halogens is 3. The van der Waals surface area contributed by atoms with Gasteiger partial charge in [0.15, 0.2) is 0 Å². The van der Waals surface area contributed by atoms with E-state index in [1.54, 1.807) is 7.11 Å². The second kappa shape index (κ2) is 5.37. The summed E-state index contributed by atoms with van der Waals surface area (Å²) in [5.74, 6) is -0.0266. The summed E-state index contributed by atoms with van der Waals surface area (Å²) in [5.41, 5.74) is -2.10.